The minimum Gasteiger partial charge on any atom is -0.354 e. The third-order valence-corrected chi connectivity index (χ3v) is 3.77. The van der Waals surface area contributed by atoms with Crippen molar-refractivity contribution in [3.05, 3.63) is 18.5 Å². The summed E-state index contributed by atoms with van der Waals surface area (Å²) in [4.78, 5) is 12.8. The van der Waals surface area contributed by atoms with Gasteiger partial charge < -0.3 is 5.32 Å². The molecule has 4 N–H and O–H groups in total. The van der Waals surface area contributed by atoms with E-state index in [4.69, 9.17) is 5.84 Å². The minimum absolute atomic E-state index is 0.318. The number of hydrogen-bond acceptors (Lipinski definition) is 7. The quantitative estimate of drug-likeness (QED) is 0.544. The number of nitrogens with zero attached hydrogens (tertiary/aromatic N) is 5. The van der Waals surface area contributed by atoms with Gasteiger partial charge in [-0.25, -0.2) is 10.5 Å². The Bertz CT molecular complexity index is 562. The van der Waals surface area contributed by atoms with Crippen LogP contribution in [0.2, 0.25) is 0 Å². The van der Waals surface area contributed by atoms with Gasteiger partial charge in [0.1, 0.15) is 0 Å². The van der Waals surface area contributed by atoms with Crippen LogP contribution in [0.1, 0.15) is 32.1 Å². The zero-order valence-electron chi connectivity index (χ0n) is 11.9. The van der Waals surface area contributed by atoms with Gasteiger partial charge in [-0.05, 0) is 18.4 Å². The van der Waals surface area contributed by atoms with Gasteiger partial charge in [-0.2, -0.15) is 20.1 Å². The predicted octanol–water partition coefficient (Wildman–Crippen LogP) is 1.34. The highest BCUT2D eigenvalue weighted by molar-refractivity contribution is 5.36. The largest absolute Gasteiger partial charge is 0.354 e. The molecule has 0 bridgehead atoms. The van der Waals surface area contributed by atoms with E-state index in [-0.39, 0.29) is 0 Å². The average molecular weight is 288 g/mol. The molecule has 21 heavy (non-hydrogen) atoms. The second kappa shape index (κ2) is 6.49. The first-order valence-electron chi connectivity index (χ1n) is 7.32. The standard InChI is InChI=1S/C13H20N8/c14-20-12-17-11(15-8-6-10-4-1-2-5-10)18-13(19-12)21-9-3-7-16-21/h3,7,9-10H,1-2,4-6,8,14H2,(H2,15,17,18,19,20). The van der Waals surface area contributed by atoms with Crippen molar-refractivity contribution in [1.82, 2.24) is 24.7 Å². The van der Waals surface area contributed by atoms with Crippen molar-refractivity contribution >= 4 is 11.9 Å². The molecular weight excluding hydrogens is 268 g/mol. The number of rotatable bonds is 6. The number of anilines is 2. The molecule has 112 valence electrons. The van der Waals surface area contributed by atoms with E-state index in [0.717, 1.165) is 18.9 Å². The van der Waals surface area contributed by atoms with Crippen molar-refractivity contribution in [2.24, 2.45) is 11.8 Å². The molecule has 0 aromatic carbocycles. The molecule has 0 aliphatic heterocycles. The SMILES string of the molecule is NNc1nc(NCCC2CCCC2)nc(-n2cccn2)n1. The van der Waals surface area contributed by atoms with Crippen molar-refractivity contribution in [1.29, 1.82) is 0 Å². The van der Waals surface area contributed by atoms with Crippen LogP contribution in [-0.2, 0) is 0 Å². The molecule has 0 radical (unpaired) electrons. The first kappa shape index (κ1) is 13.7. The Labute approximate surface area is 123 Å². The molecule has 2 aromatic heterocycles. The van der Waals surface area contributed by atoms with Gasteiger partial charge in [-0.3, -0.25) is 5.43 Å². The van der Waals surface area contributed by atoms with Crippen LogP contribution in [0.15, 0.2) is 18.5 Å². The van der Waals surface area contributed by atoms with Gasteiger partial charge in [-0.1, -0.05) is 25.7 Å². The summed E-state index contributed by atoms with van der Waals surface area (Å²) in [6.45, 7) is 0.858. The number of aromatic nitrogens is 5. The first-order valence-corrected chi connectivity index (χ1v) is 7.32. The molecule has 8 heteroatoms. The Morgan fingerprint density at radius 2 is 2.00 bits per heavy atom. The second-order valence-electron chi connectivity index (χ2n) is 5.24. The molecule has 3 rings (SSSR count). The first-order chi connectivity index (χ1) is 10.3. The molecule has 2 aromatic rings. The van der Waals surface area contributed by atoms with Crippen LogP contribution in [0.4, 0.5) is 11.9 Å². The topological polar surface area (TPSA) is 107 Å². The molecule has 2 heterocycles. The highest BCUT2D eigenvalue weighted by atomic mass is 15.4. The monoisotopic (exact) mass is 288 g/mol. The number of nitrogens with one attached hydrogen (secondary N) is 2. The van der Waals surface area contributed by atoms with E-state index >= 15 is 0 Å². The van der Waals surface area contributed by atoms with Crippen molar-refractivity contribution < 1.29 is 0 Å². The Kier molecular flexibility index (Phi) is 4.25. The maximum absolute atomic E-state index is 5.41. The Hall–Kier alpha value is -2.22. The van der Waals surface area contributed by atoms with Crippen LogP contribution in [0, 0.1) is 5.92 Å². The highest BCUT2D eigenvalue weighted by Crippen LogP contribution is 2.27. The summed E-state index contributed by atoms with van der Waals surface area (Å²) in [6.07, 6.45) is 10.0. The number of hydrogen-bond donors (Lipinski definition) is 3. The number of hydrazine groups is 1. The van der Waals surface area contributed by atoms with Crippen molar-refractivity contribution in [3.8, 4) is 5.95 Å². The lowest BCUT2D eigenvalue weighted by Crippen LogP contribution is -2.17. The average Bonchev–Trinajstić information content (AvgIpc) is 3.20. The molecule has 8 nitrogen and oxygen atoms in total. The third kappa shape index (κ3) is 3.46. The van der Waals surface area contributed by atoms with E-state index in [1.54, 1.807) is 17.1 Å². The van der Waals surface area contributed by atoms with Gasteiger partial charge >= 0.3 is 0 Å². The molecule has 1 aliphatic rings. The zero-order valence-corrected chi connectivity index (χ0v) is 11.9. The van der Waals surface area contributed by atoms with Crippen LogP contribution < -0.4 is 16.6 Å². The second-order valence-corrected chi connectivity index (χ2v) is 5.24. The van der Waals surface area contributed by atoms with Crippen LogP contribution in [0.25, 0.3) is 5.95 Å². The fourth-order valence-electron chi connectivity index (χ4n) is 2.69. The fourth-order valence-corrected chi connectivity index (χ4v) is 2.69. The van der Waals surface area contributed by atoms with Gasteiger partial charge in [0.2, 0.25) is 11.9 Å². The Balaban J connectivity index is 1.67. The Morgan fingerprint density at radius 1 is 1.19 bits per heavy atom. The normalized spacial score (nSPS) is 15.3. The molecule has 1 aliphatic carbocycles. The van der Waals surface area contributed by atoms with Gasteiger partial charge in [0.15, 0.2) is 0 Å². The maximum atomic E-state index is 5.41. The summed E-state index contributed by atoms with van der Waals surface area (Å²) in [6, 6.07) is 1.81. The van der Waals surface area contributed by atoms with Crippen molar-refractivity contribution in [3.63, 3.8) is 0 Å². The van der Waals surface area contributed by atoms with E-state index in [0.29, 0.717) is 17.8 Å². The lowest BCUT2D eigenvalue weighted by Gasteiger charge is -2.11. The molecule has 0 spiro atoms. The molecule has 1 saturated carbocycles. The van der Waals surface area contributed by atoms with E-state index in [2.05, 4.69) is 30.8 Å². The molecule has 0 saturated heterocycles. The van der Waals surface area contributed by atoms with Crippen LogP contribution >= 0.6 is 0 Å². The lowest BCUT2D eigenvalue weighted by atomic mass is 10.0. The van der Waals surface area contributed by atoms with E-state index in [1.165, 1.54) is 25.7 Å². The van der Waals surface area contributed by atoms with Gasteiger partial charge in [0, 0.05) is 18.9 Å². The number of nitrogens with two attached hydrogens (primary N) is 1. The highest BCUT2D eigenvalue weighted by Gasteiger charge is 2.14. The summed E-state index contributed by atoms with van der Waals surface area (Å²) in [7, 11) is 0. The van der Waals surface area contributed by atoms with Crippen molar-refractivity contribution in [2.45, 2.75) is 32.1 Å². The molecule has 0 atom stereocenters. The van der Waals surface area contributed by atoms with Crippen LogP contribution in [0.3, 0.4) is 0 Å². The van der Waals surface area contributed by atoms with Gasteiger partial charge in [0.25, 0.3) is 5.95 Å². The van der Waals surface area contributed by atoms with Crippen LogP contribution in [0.5, 0.6) is 0 Å². The minimum atomic E-state index is 0.318. The van der Waals surface area contributed by atoms with E-state index < -0.39 is 0 Å². The summed E-state index contributed by atoms with van der Waals surface area (Å²) >= 11 is 0. The molecule has 0 unspecified atom stereocenters. The van der Waals surface area contributed by atoms with E-state index in [9.17, 15) is 0 Å². The number of nitrogen functional groups attached to an aromatic ring is 1. The zero-order chi connectivity index (χ0) is 14.5. The van der Waals surface area contributed by atoms with E-state index in [1.807, 2.05) is 6.07 Å². The predicted molar refractivity (Wildman–Crippen MR) is 79.8 cm³/mol. The van der Waals surface area contributed by atoms with Crippen LogP contribution in [-0.4, -0.2) is 31.3 Å². The third-order valence-electron chi connectivity index (χ3n) is 3.77. The fraction of sp³-hybridized carbons (Fsp3) is 0.538. The maximum Gasteiger partial charge on any atom is 0.257 e. The molecule has 1 fully saturated rings. The molecule has 0 amide bonds. The summed E-state index contributed by atoms with van der Waals surface area (Å²) in [5.41, 5.74) is 2.46. The summed E-state index contributed by atoms with van der Waals surface area (Å²) < 4.78 is 1.57. The summed E-state index contributed by atoms with van der Waals surface area (Å²) in [5.74, 6) is 7.51. The summed E-state index contributed by atoms with van der Waals surface area (Å²) in [5, 5.41) is 7.36. The van der Waals surface area contributed by atoms with Gasteiger partial charge in [-0.15, -0.1) is 0 Å². The Morgan fingerprint density at radius 3 is 2.71 bits per heavy atom. The molecular formula is C13H20N8. The smallest absolute Gasteiger partial charge is 0.257 e. The lowest BCUT2D eigenvalue weighted by molar-refractivity contribution is 0.518. The van der Waals surface area contributed by atoms with Crippen molar-refractivity contribution in [2.75, 3.05) is 17.3 Å². The van der Waals surface area contributed by atoms with Gasteiger partial charge in [0.05, 0.1) is 0 Å².